The zero-order chi connectivity index (χ0) is 13.5. The number of amides is 1. The largest absolute Gasteiger partial charge is 0.492 e. The molecule has 0 atom stereocenters. The lowest BCUT2D eigenvalue weighted by molar-refractivity contribution is -0.122. The molecule has 1 aliphatic rings. The zero-order valence-electron chi connectivity index (χ0n) is 11.7. The van der Waals surface area contributed by atoms with Crippen LogP contribution in [0.5, 0.6) is 5.75 Å². The van der Waals surface area contributed by atoms with Crippen LogP contribution in [0.3, 0.4) is 0 Å². The third-order valence-corrected chi connectivity index (χ3v) is 3.63. The average Bonchev–Trinajstić information content (AvgIpc) is 2.87. The number of carbonyl (C=O) groups is 1. The third kappa shape index (κ3) is 4.93. The first-order valence-corrected chi connectivity index (χ1v) is 7.20. The molecule has 0 heterocycles. The van der Waals surface area contributed by atoms with Gasteiger partial charge in [-0.2, -0.15) is 0 Å². The smallest absolute Gasteiger partial charge is 0.220 e. The van der Waals surface area contributed by atoms with Gasteiger partial charge in [0.2, 0.25) is 5.91 Å². The highest BCUT2D eigenvalue weighted by Crippen LogP contribution is 2.27. The first-order chi connectivity index (χ1) is 9.24. The van der Waals surface area contributed by atoms with Crippen LogP contribution in [0.4, 0.5) is 0 Å². The molecular weight excluding hydrogens is 238 g/mol. The average molecular weight is 261 g/mol. The fourth-order valence-electron chi connectivity index (χ4n) is 2.61. The third-order valence-electron chi connectivity index (χ3n) is 3.63. The molecule has 0 radical (unpaired) electrons. The minimum Gasteiger partial charge on any atom is -0.492 e. The maximum Gasteiger partial charge on any atom is 0.220 e. The zero-order valence-corrected chi connectivity index (χ0v) is 11.7. The number of nitrogens with one attached hydrogen (secondary N) is 1. The number of hydrogen-bond acceptors (Lipinski definition) is 2. The molecule has 0 unspecified atom stereocenters. The number of benzene rings is 1. The molecule has 19 heavy (non-hydrogen) atoms. The van der Waals surface area contributed by atoms with E-state index in [0.717, 1.165) is 5.75 Å². The Hall–Kier alpha value is -1.51. The topological polar surface area (TPSA) is 38.3 Å². The number of rotatable bonds is 6. The van der Waals surface area contributed by atoms with Crippen molar-refractivity contribution < 1.29 is 9.53 Å². The van der Waals surface area contributed by atoms with Crippen molar-refractivity contribution in [1.29, 1.82) is 0 Å². The van der Waals surface area contributed by atoms with Crippen LogP contribution in [0.15, 0.2) is 24.3 Å². The lowest BCUT2D eigenvalue weighted by atomic mass is 10.0. The number of hydrogen-bond donors (Lipinski definition) is 1. The van der Waals surface area contributed by atoms with Crippen LogP contribution >= 0.6 is 0 Å². The van der Waals surface area contributed by atoms with E-state index in [-0.39, 0.29) is 5.91 Å². The molecular formula is C16H23NO2. The lowest BCUT2D eigenvalue weighted by Gasteiger charge is -2.10. The van der Waals surface area contributed by atoms with E-state index in [0.29, 0.717) is 25.5 Å². The Kier molecular flexibility index (Phi) is 5.25. The molecule has 2 rings (SSSR count). The van der Waals surface area contributed by atoms with Gasteiger partial charge in [0, 0.05) is 6.42 Å². The van der Waals surface area contributed by atoms with E-state index < -0.39 is 0 Å². The van der Waals surface area contributed by atoms with Crippen LogP contribution < -0.4 is 10.1 Å². The van der Waals surface area contributed by atoms with Gasteiger partial charge in [0.25, 0.3) is 0 Å². The van der Waals surface area contributed by atoms with E-state index in [1.165, 1.54) is 31.2 Å². The van der Waals surface area contributed by atoms with E-state index in [9.17, 15) is 4.79 Å². The van der Waals surface area contributed by atoms with E-state index in [4.69, 9.17) is 4.74 Å². The van der Waals surface area contributed by atoms with E-state index in [1.807, 2.05) is 31.2 Å². The number of aryl methyl sites for hydroxylation is 1. The summed E-state index contributed by atoms with van der Waals surface area (Å²) in [6, 6.07) is 7.95. The first kappa shape index (κ1) is 13.9. The van der Waals surface area contributed by atoms with Gasteiger partial charge in [-0.3, -0.25) is 4.79 Å². The van der Waals surface area contributed by atoms with Crippen molar-refractivity contribution in [3.8, 4) is 5.75 Å². The highest BCUT2D eigenvalue weighted by Gasteiger charge is 2.17. The Bertz CT molecular complexity index is 411. The molecule has 3 nitrogen and oxygen atoms in total. The summed E-state index contributed by atoms with van der Waals surface area (Å²) >= 11 is 0. The molecule has 1 amide bonds. The highest BCUT2D eigenvalue weighted by atomic mass is 16.5. The Labute approximate surface area is 115 Å². The van der Waals surface area contributed by atoms with Crippen molar-refractivity contribution in [2.45, 2.75) is 39.0 Å². The summed E-state index contributed by atoms with van der Waals surface area (Å²) in [5.74, 6) is 1.64. The molecule has 0 bridgehead atoms. The van der Waals surface area contributed by atoms with Crippen molar-refractivity contribution >= 4 is 5.91 Å². The second-order valence-electron chi connectivity index (χ2n) is 5.37. The van der Waals surface area contributed by atoms with Crippen molar-refractivity contribution in [2.24, 2.45) is 5.92 Å². The summed E-state index contributed by atoms with van der Waals surface area (Å²) in [7, 11) is 0. The summed E-state index contributed by atoms with van der Waals surface area (Å²) in [4.78, 5) is 11.7. The van der Waals surface area contributed by atoms with Gasteiger partial charge < -0.3 is 10.1 Å². The highest BCUT2D eigenvalue weighted by molar-refractivity contribution is 5.76. The minimum atomic E-state index is 0.166. The molecule has 1 saturated carbocycles. The summed E-state index contributed by atoms with van der Waals surface area (Å²) in [6.07, 6.45) is 5.69. The first-order valence-electron chi connectivity index (χ1n) is 7.20. The Morgan fingerprint density at radius 1 is 1.37 bits per heavy atom. The normalized spacial score (nSPS) is 15.4. The van der Waals surface area contributed by atoms with E-state index >= 15 is 0 Å². The van der Waals surface area contributed by atoms with Crippen molar-refractivity contribution in [3.63, 3.8) is 0 Å². The summed E-state index contributed by atoms with van der Waals surface area (Å²) in [5.41, 5.74) is 1.18. The van der Waals surface area contributed by atoms with Gasteiger partial charge in [0.15, 0.2) is 0 Å². The Morgan fingerprint density at radius 2 is 2.16 bits per heavy atom. The fourth-order valence-corrected chi connectivity index (χ4v) is 2.61. The SMILES string of the molecule is Cc1cccc(OCCNC(=O)CC2CCCC2)c1. The van der Waals surface area contributed by atoms with Gasteiger partial charge in [-0.15, -0.1) is 0 Å². The van der Waals surface area contributed by atoms with Crippen LogP contribution in [-0.2, 0) is 4.79 Å². The fraction of sp³-hybridized carbons (Fsp3) is 0.562. The van der Waals surface area contributed by atoms with E-state index in [2.05, 4.69) is 5.32 Å². The van der Waals surface area contributed by atoms with Gasteiger partial charge in [0.1, 0.15) is 12.4 Å². The predicted molar refractivity (Wildman–Crippen MR) is 76.3 cm³/mol. The van der Waals surface area contributed by atoms with Gasteiger partial charge in [0.05, 0.1) is 6.54 Å². The molecule has 1 N–H and O–H groups in total. The second kappa shape index (κ2) is 7.17. The molecule has 1 aliphatic carbocycles. The Balaban J connectivity index is 1.59. The minimum absolute atomic E-state index is 0.166. The quantitative estimate of drug-likeness (QED) is 0.799. The van der Waals surface area contributed by atoms with Crippen LogP contribution in [0.1, 0.15) is 37.7 Å². The molecule has 0 aromatic heterocycles. The number of carbonyl (C=O) groups excluding carboxylic acids is 1. The van der Waals surface area contributed by atoms with Crippen molar-refractivity contribution in [3.05, 3.63) is 29.8 Å². The molecule has 1 aromatic rings. The number of ether oxygens (including phenoxy) is 1. The van der Waals surface area contributed by atoms with E-state index in [1.54, 1.807) is 0 Å². The summed E-state index contributed by atoms with van der Waals surface area (Å²) in [5, 5.41) is 2.93. The maximum atomic E-state index is 11.7. The molecule has 0 saturated heterocycles. The monoisotopic (exact) mass is 261 g/mol. The Morgan fingerprint density at radius 3 is 2.89 bits per heavy atom. The summed E-state index contributed by atoms with van der Waals surface area (Å²) < 4.78 is 5.59. The van der Waals surface area contributed by atoms with Gasteiger partial charge in [-0.25, -0.2) is 0 Å². The van der Waals surface area contributed by atoms with Crippen LogP contribution in [0, 0.1) is 12.8 Å². The standard InChI is InChI=1S/C16H23NO2/c1-13-5-4-8-15(11-13)19-10-9-17-16(18)12-14-6-2-3-7-14/h4-5,8,11,14H,2-3,6-7,9-10,12H2,1H3,(H,17,18). The van der Waals surface area contributed by atoms with Crippen LogP contribution in [-0.4, -0.2) is 19.1 Å². The van der Waals surface area contributed by atoms with Crippen LogP contribution in [0.2, 0.25) is 0 Å². The second-order valence-corrected chi connectivity index (χ2v) is 5.37. The van der Waals surface area contributed by atoms with Gasteiger partial charge in [-0.1, -0.05) is 25.0 Å². The maximum absolute atomic E-state index is 11.7. The molecule has 0 aliphatic heterocycles. The van der Waals surface area contributed by atoms with Crippen LogP contribution in [0.25, 0.3) is 0 Å². The van der Waals surface area contributed by atoms with Gasteiger partial charge in [-0.05, 0) is 43.4 Å². The molecule has 1 aromatic carbocycles. The molecule has 104 valence electrons. The summed E-state index contributed by atoms with van der Waals surface area (Å²) in [6.45, 7) is 3.15. The van der Waals surface area contributed by atoms with Crippen molar-refractivity contribution in [1.82, 2.24) is 5.32 Å². The van der Waals surface area contributed by atoms with Gasteiger partial charge >= 0.3 is 0 Å². The molecule has 3 heteroatoms. The predicted octanol–water partition coefficient (Wildman–Crippen LogP) is 3.07. The van der Waals surface area contributed by atoms with Crippen molar-refractivity contribution in [2.75, 3.05) is 13.2 Å². The lowest BCUT2D eigenvalue weighted by Crippen LogP contribution is -2.29. The molecule has 1 fully saturated rings. The molecule has 0 spiro atoms.